The number of benzene rings is 8. The SMILES string of the molecule is CC.CCC(C)(C)C.CCC(C)(C)C.CCC(C)(C)C.[O]=[V+2].c1ccc2cc3c(cc2c1)-c1nc-3nc2[n-]c(nc3nc(nc4[n-]c(n1)c1cc5ccccc5cc41)-c1cc4ccccc4cc1-3)c1cc3ccccc3cc21. The summed E-state index contributed by atoms with van der Waals surface area (Å²) in [7, 11) is 0. The molecule has 395 valence electrons. The first-order chi connectivity index (χ1) is 37.3. The summed E-state index contributed by atoms with van der Waals surface area (Å²) in [6.45, 7) is 30.8. The van der Waals surface area contributed by atoms with E-state index in [0.717, 1.165) is 104 Å². The van der Waals surface area contributed by atoms with Gasteiger partial charge in [0.25, 0.3) is 0 Å². The van der Waals surface area contributed by atoms with Crippen molar-refractivity contribution in [3.8, 4) is 45.6 Å². The molecule has 0 aliphatic carbocycles. The summed E-state index contributed by atoms with van der Waals surface area (Å²) in [6, 6.07) is 50.4. The second-order valence-corrected chi connectivity index (χ2v) is 23.2. The largest absolute Gasteiger partial charge is 0.357 e. The minimum absolute atomic E-state index is 0.535. The third-order valence-corrected chi connectivity index (χ3v) is 14.3. The average Bonchev–Trinajstić information content (AvgIpc) is 4.33. The van der Waals surface area contributed by atoms with E-state index in [0.29, 0.717) is 62.1 Å². The predicted molar refractivity (Wildman–Crippen MR) is 325 cm³/mol. The van der Waals surface area contributed by atoms with E-state index in [4.69, 9.17) is 43.5 Å². The van der Waals surface area contributed by atoms with E-state index in [1.165, 1.54) is 19.3 Å². The van der Waals surface area contributed by atoms with E-state index in [1.54, 1.807) is 0 Å². The van der Waals surface area contributed by atoms with E-state index >= 15 is 0 Å². The second-order valence-electron chi connectivity index (χ2n) is 23.2. The molecule has 0 amide bonds. The summed E-state index contributed by atoms with van der Waals surface area (Å²) in [6.07, 6.45) is 3.81. The van der Waals surface area contributed by atoms with Crippen molar-refractivity contribution in [1.82, 2.24) is 39.9 Å². The van der Waals surface area contributed by atoms with Gasteiger partial charge in [-0.3, -0.25) is 0 Å². The summed E-state index contributed by atoms with van der Waals surface area (Å²) in [5.74, 6) is 2.14. The van der Waals surface area contributed by atoms with Crippen molar-refractivity contribution in [3.63, 3.8) is 0 Å². The number of fused-ring (bicyclic) bond motifs is 24. The Morgan fingerprint density at radius 2 is 0.487 bits per heavy atom. The molecule has 8 bridgehead atoms. The fraction of sp³-hybridized carbons (Fsp3) is 0.294. The fourth-order valence-corrected chi connectivity index (χ4v) is 8.41. The second kappa shape index (κ2) is 23.6. The van der Waals surface area contributed by atoms with Gasteiger partial charge in [-0.15, -0.1) is 0 Å². The van der Waals surface area contributed by atoms with Crippen LogP contribution in [0.5, 0.6) is 0 Å². The molecule has 0 saturated heterocycles. The van der Waals surface area contributed by atoms with Crippen LogP contribution in [0.2, 0.25) is 0 Å². The molecule has 0 spiro atoms. The van der Waals surface area contributed by atoms with Crippen molar-refractivity contribution in [1.29, 1.82) is 0 Å². The Morgan fingerprint density at radius 1 is 0.321 bits per heavy atom. The molecule has 0 radical (unpaired) electrons. The normalized spacial score (nSPS) is 11.7. The molecule has 2 aliphatic heterocycles. The van der Waals surface area contributed by atoms with Crippen molar-refractivity contribution in [3.05, 3.63) is 146 Å². The molecule has 10 heteroatoms. The molecule has 13 rings (SSSR count). The summed E-state index contributed by atoms with van der Waals surface area (Å²) in [5, 5.41) is 12.2. The number of nitrogens with zero attached hydrogens (tertiary/aromatic N) is 8. The van der Waals surface area contributed by atoms with Crippen LogP contribution in [-0.4, -0.2) is 29.9 Å². The molecule has 9 nitrogen and oxygen atoms in total. The third kappa shape index (κ3) is 12.6. The van der Waals surface area contributed by atoms with Crippen LogP contribution < -0.4 is 9.97 Å². The molecule has 3 aromatic heterocycles. The van der Waals surface area contributed by atoms with Crippen LogP contribution in [0, 0.1) is 16.2 Å². The molecule has 8 aromatic carbocycles. The maximum atomic E-state index is 8.19. The van der Waals surface area contributed by atoms with Gasteiger partial charge in [-0.2, -0.15) is 0 Å². The first-order valence-corrected chi connectivity index (χ1v) is 27.9. The topological polar surface area (TPSA) is 123 Å². The molecule has 0 saturated carbocycles. The van der Waals surface area contributed by atoms with Gasteiger partial charge in [0.15, 0.2) is 0 Å². The molecule has 78 heavy (non-hydrogen) atoms. The zero-order valence-electron chi connectivity index (χ0n) is 47.9. The van der Waals surface area contributed by atoms with Crippen LogP contribution in [0.15, 0.2) is 146 Å². The van der Waals surface area contributed by atoms with Crippen LogP contribution in [-0.2, 0) is 21.0 Å². The smallest absolute Gasteiger partial charge is 0.0928 e. The van der Waals surface area contributed by atoms with Crippen molar-refractivity contribution in [2.45, 2.75) is 116 Å². The zero-order valence-corrected chi connectivity index (χ0v) is 49.3. The Balaban J connectivity index is 0.000000314. The van der Waals surface area contributed by atoms with Gasteiger partial charge in [-0.1, -0.05) is 213 Å². The van der Waals surface area contributed by atoms with Crippen LogP contribution >= 0.6 is 0 Å². The molecule has 0 atom stereocenters. The quantitative estimate of drug-likeness (QED) is 0.146. The Bertz CT molecular complexity index is 3620. The zero-order chi connectivity index (χ0) is 56.1. The van der Waals surface area contributed by atoms with Gasteiger partial charge < -0.3 is 29.9 Å². The summed E-state index contributed by atoms with van der Waals surface area (Å²) in [4.78, 5) is 41.6. The molecular formula is C68H72N8OV. The molecule has 0 unspecified atom stereocenters. The van der Waals surface area contributed by atoms with Gasteiger partial charge in [0.05, 0.1) is 23.3 Å². The summed E-state index contributed by atoms with van der Waals surface area (Å²) in [5.41, 5.74) is 7.29. The number of rotatable bonds is 0. The Morgan fingerprint density at radius 3 is 0.654 bits per heavy atom. The Labute approximate surface area is 469 Å². The molecule has 5 heterocycles. The molecule has 2 aliphatic rings. The average molecular weight is 1070 g/mol. The number of hydrogen-bond acceptors (Lipinski definition) is 7. The fourth-order valence-electron chi connectivity index (χ4n) is 8.41. The van der Waals surface area contributed by atoms with E-state index in [1.807, 2.05) is 62.4 Å². The number of hydrogen-bond donors (Lipinski definition) is 0. The van der Waals surface area contributed by atoms with Crippen molar-refractivity contribution in [2.75, 3.05) is 0 Å². The van der Waals surface area contributed by atoms with Crippen molar-refractivity contribution >= 4 is 87.2 Å². The first kappa shape index (κ1) is 56.7. The monoisotopic (exact) mass is 1070 g/mol. The molecule has 0 N–H and O–H groups in total. The summed E-state index contributed by atoms with van der Waals surface area (Å²) < 4.78 is 8.19. The van der Waals surface area contributed by atoms with Gasteiger partial charge in [0, 0.05) is 44.8 Å². The van der Waals surface area contributed by atoms with Gasteiger partial charge in [-0.05, 0) is 129 Å². The van der Waals surface area contributed by atoms with Gasteiger partial charge >= 0.3 is 21.0 Å². The summed E-state index contributed by atoms with van der Waals surface area (Å²) >= 11 is 1.06. The van der Waals surface area contributed by atoms with Gasteiger partial charge in [-0.25, -0.2) is 9.97 Å². The maximum Gasteiger partial charge on any atom is 0.0928 e. The van der Waals surface area contributed by atoms with Crippen LogP contribution in [0.4, 0.5) is 0 Å². The Hall–Kier alpha value is -7.46. The molecule has 11 aromatic rings. The predicted octanol–water partition coefficient (Wildman–Crippen LogP) is 19.0. The van der Waals surface area contributed by atoms with Crippen molar-refractivity contribution in [2.24, 2.45) is 16.2 Å². The van der Waals surface area contributed by atoms with E-state index in [2.05, 4.69) is 180 Å². The minimum atomic E-state index is 0.535. The third-order valence-electron chi connectivity index (χ3n) is 14.3. The molecule has 0 fully saturated rings. The van der Waals surface area contributed by atoms with E-state index in [9.17, 15) is 0 Å². The Kier molecular flexibility index (Phi) is 17.2. The minimum Gasteiger partial charge on any atom is -0.357 e. The first-order valence-electron chi connectivity index (χ1n) is 27.4. The standard InChI is InChI=1S/C48H24N8.3C6H14.C2H6.O.V/c1-2-10-26-18-34-33(17-25(26)9-1)41-49-42(34)54-44-37-21-29-13-5-6-14-30(29)22-38(37)46(51-44)56-48-40-24-32-16-8-7-15-31(32)23-39(40)47(52-48)55-45-36-20-28-12-4-3-11-27(28)19-35(36)43(50-45)53-41;3*1-5-6(2,3)4;1-2;;/h1-24H;3*5H2,1-4H3;1-2H3;;/q-2;;;;;;+2. The maximum absolute atomic E-state index is 8.19. The van der Waals surface area contributed by atoms with Gasteiger partial charge in [0.1, 0.15) is 0 Å². The van der Waals surface area contributed by atoms with Crippen molar-refractivity contribution < 1.29 is 21.0 Å². The van der Waals surface area contributed by atoms with E-state index in [-0.39, 0.29) is 0 Å². The van der Waals surface area contributed by atoms with Gasteiger partial charge in [0.2, 0.25) is 0 Å². The van der Waals surface area contributed by atoms with Crippen LogP contribution in [0.3, 0.4) is 0 Å². The van der Waals surface area contributed by atoms with Crippen LogP contribution in [0.1, 0.15) is 116 Å². The van der Waals surface area contributed by atoms with Crippen LogP contribution in [0.25, 0.3) is 133 Å². The molecular weight excluding hydrogens is 996 g/mol. The van der Waals surface area contributed by atoms with E-state index < -0.39 is 0 Å². The number of aromatic nitrogens is 8.